The number of halogens is 1. The molecule has 0 spiro atoms. The fourth-order valence-corrected chi connectivity index (χ4v) is 3.44. The maximum atomic E-state index is 12.2. The Morgan fingerprint density at radius 3 is 2.87 bits per heavy atom. The predicted molar refractivity (Wildman–Crippen MR) is 83.1 cm³/mol. The Kier molecular flexibility index (Phi) is 6.23. The van der Waals surface area contributed by atoms with Gasteiger partial charge >= 0.3 is 5.97 Å². The van der Waals surface area contributed by atoms with Crippen LogP contribution in [0.25, 0.3) is 0 Å². The summed E-state index contributed by atoms with van der Waals surface area (Å²) >= 11 is 6.00. The Hall–Kier alpha value is -1.35. The second-order valence-corrected chi connectivity index (χ2v) is 7.12. The van der Waals surface area contributed by atoms with E-state index in [4.69, 9.17) is 21.1 Å². The van der Waals surface area contributed by atoms with E-state index < -0.39 is 16.0 Å². The first-order valence-corrected chi connectivity index (χ1v) is 8.89. The van der Waals surface area contributed by atoms with Crippen molar-refractivity contribution in [2.75, 3.05) is 26.9 Å². The third-order valence-electron chi connectivity index (χ3n) is 3.31. The number of ether oxygens (including phenoxy) is 3. The largest absolute Gasteiger partial charge is 0.480 e. The molecule has 1 atom stereocenters. The van der Waals surface area contributed by atoms with E-state index in [0.717, 1.165) is 12.8 Å². The number of nitrogens with one attached hydrogen (secondary N) is 1. The Labute approximate surface area is 139 Å². The molecule has 0 aromatic heterocycles. The summed E-state index contributed by atoms with van der Waals surface area (Å²) in [6, 6.07) is 4.02. The average Bonchev–Trinajstić information content (AvgIpc) is 3.05. The number of hydrogen-bond acceptors (Lipinski definition) is 6. The molecule has 1 aliphatic rings. The van der Waals surface area contributed by atoms with Gasteiger partial charge in [0.15, 0.2) is 6.61 Å². The number of esters is 1. The van der Waals surface area contributed by atoms with Gasteiger partial charge in [0, 0.05) is 13.2 Å². The first kappa shape index (κ1) is 18.0. The second-order valence-electron chi connectivity index (χ2n) is 4.94. The molecule has 0 saturated carbocycles. The molecule has 1 aromatic rings. The number of carbonyl (C=O) groups is 1. The fraction of sp³-hybridized carbons (Fsp3) is 0.500. The molecule has 0 aliphatic carbocycles. The van der Waals surface area contributed by atoms with Crippen molar-refractivity contribution in [3.8, 4) is 5.75 Å². The van der Waals surface area contributed by atoms with E-state index >= 15 is 0 Å². The highest BCUT2D eigenvalue weighted by Gasteiger charge is 2.21. The van der Waals surface area contributed by atoms with Gasteiger partial charge < -0.3 is 14.2 Å². The molecule has 0 bridgehead atoms. The fourth-order valence-electron chi connectivity index (χ4n) is 2.05. The zero-order valence-electron chi connectivity index (χ0n) is 12.6. The summed E-state index contributed by atoms with van der Waals surface area (Å²) < 4.78 is 41.9. The van der Waals surface area contributed by atoms with Crippen LogP contribution in [0, 0.1) is 0 Å². The second kappa shape index (κ2) is 7.96. The Morgan fingerprint density at radius 1 is 1.48 bits per heavy atom. The molecule has 0 amide bonds. The molecular formula is C14H18ClNO6S. The van der Waals surface area contributed by atoms with E-state index in [1.807, 2.05) is 0 Å². The highest BCUT2D eigenvalue weighted by atomic mass is 35.5. The van der Waals surface area contributed by atoms with Crippen molar-refractivity contribution in [1.29, 1.82) is 0 Å². The van der Waals surface area contributed by atoms with Gasteiger partial charge in [-0.05, 0) is 31.0 Å². The van der Waals surface area contributed by atoms with E-state index in [2.05, 4.69) is 9.46 Å². The lowest BCUT2D eigenvalue weighted by Gasteiger charge is -2.12. The standard InChI is InChI=1S/C14H18ClNO6S/c1-20-14(17)9-22-13-5-4-11(7-12(13)15)23(18,19)16-8-10-3-2-6-21-10/h4-5,7,10,16H,2-3,6,8-9H2,1H3/t10-/m0/s1. The van der Waals surface area contributed by atoms with Gasteiger partial charge in [-0.15, -0.1) is 0 Å². The lowest BCUT2D eigenvalue weighted by Crippen LogP contribution is -2.31. The molecular weight excluding hydrogens is 346 g/mol. The van der Waals surface area contributed by atoms with Crippen LogP contribution in [-0.4, -0.2) is 47.4 Å². The third-order valence-corrected chi connectivity index (χ3v) is 5.03. The molecule has 7 nitrogen and oxygen atoms in total. The van der Waals surface area contributed by atoms with Crippen LogP contribution in [0.1, 0.15) is 12.8 Å². The van der Waals surface area contributed by atoms with Crippen molar-refractivity contribution >= 4 is 27.6 Å². The van der Waals surface area contributed by atoms with Gasteiger partial charge in [-0.25, -0.2) is 17.9 Å². The lowest BCUT2D eigenvalue weighted by molar-refractivity contribution is -0.142. The van der Waals surface area contributed by atoms with Gasteiger partial charge in [-0.3, -0.25) is 0 Å². The molecule has 1 aromatic carbocycles. The minimum absolute atomic E-state index is 0.0194. The average molecular weight is 364 g/mol. The molecule has 2 rings (SSSR count). The van der Waals surface area contributed by atoms with Crippen LogP contribution >= 0.6 is 11.6 Å². The van der Waals surface area contributed by atoms with E-state index in [-0.39, 0.29) is 34.9 Å². The zero-order valence-corrected chi connectivity index (χ0v) is 14.2. The van der Waals surface area contributed by atoms with Crippen molar-refractivity contribution < 1.29 is 27.4 Å². The first-order valence-electron chi connectivity index (χ1n) is 7.03. The zero-order chi connectivity index (χ0) is 16.9. The van der Waals surface area contributed by atoms with E-state index in [1.54, 1.807) is 0 Å². The molecule has 1 saturated heterocycles. The number of rotatable bonds is 7. The van der Waals surface area contributed by atoms with Crippen molar-refractivity contribution in [2.24, 2.45) is 0 Å². The summed E-state index contributed by atoms with van der Waals surface area (Å²) in [5.41, 5.74) is 0. The van der Waals surface area contributed by atoms with Gasteiger partial charge in [0.2, 0.25) is 10.0 Å². The van der Waals surface area contributed by atoms with E-state index in [9.17, 15) is 13.2 Å². The maximum absolute atomic E-state index is 12.2. The van der Waals surface area contributed by atoms with Gasteiger partial charge in [0.1, 0.15) is 5.75 Å². The number of benzene rings is 1. The van der Waals surface area contributed by atoms with E-state index in [0.29, 0.717) is 6.61 Å². The van der Waals surface area contributed by atoms with Crippen LogP contribution in [0.2, 0.25) is 5.02 Å². The van der Waals surface area contributed by atoms with Crippen LogP contribution in [-0.2, 0) is 24.3 Å². The first-order chi connectivity index (χ1) is 10.9. The van der Waals surface area contributed by atoms with Gasteiger partial charge in [0.05, 0.1) is 23.1 Å². The number of sulfonamides is 1. The summed E-state index contributed by atoms with van der Waals surface area (Å²) in [5, 5.41) is 0.0916. The molecule has 9 heteroatoms. The third kappa shape index (κ3) is 5.07. The molecule has 1 aliphatic heterocycles. The van der Waals surface area contributed by atoms with Crippen molar-refractivity contribution in [3.05, 3.63) is 23.2 Å². The molecule has 1 heterocycles. The summed E-state index contributed by atoms with van der Waals surface area (Å²) in [5.74, 6) is -0.355. The molecule has 23 heavy (non-hydrogen) atoms. The van der Waals surface area contributed by atoms with E-state index in [1.165, 1.54) is 25.3 Å². The Balaban J connectivity index is 2.01. The summed E-state index contributed by atoms with van der Waals surface area (Å²) in [7, 11) is -2.45. The molecule has 128 valence electrons. The molecule has 0 unspecified atom stereocenters. The monoisotopic (exact) mass is 363 g/mol. The highest BCUT2D eigenvalue weighted by Crippen LogP contribution is 2.27. The van der Waals surface area contributed by atoms with Crippen LogP contribution in [0.5, 0.6) is 5.75 Å². The topological polar surface area (TPSA) is 90.9 Å². The summed E-state index contributed by atoms with van der Waals surface area (Å²) in [6.45, 7) is 0.574. The van der Waals surface area contributed by atoms with Crippen LogP contribution in [0.3, 0.4) is 0 Å². The van der Waals surface area contributed by atoms with Crippen LogP contribution in [0.4, 0.5) is 0 Å². The SMILES string of the molecule is COC(=O)COc1ccc(S(=O)(=O)NC[C@@H]2CCCO2)cc1Cl. The van der Waals surface area contributed by atoms with Crippen molar-refractivity contribution in [3.63, 3.8) is 0 Å². The normalized spacial score (nSPS) is 17.9. The lowest BCUT2D eigenvalue weighted by atomic mass is 10.2. The smallest absolute Gasteiger partial charge is 0.343 e. The van der Waals surface area contributed by atoms with Crippen LogP contribution in [0.15, 0.2) is 23.1 Å². The summed E-state index contributed by atoms with van der Waals surface area (Å²) in [6.07, 6.45) is 1.68. The van der Waals surface area contributed by atoms with Gasteiger partial charge in [-0.1, -0.05) is 11.6 Å². The Bertz CT molecular complexity index is 657. The predicted octanol–water partition coefficient (Wildman–Crippen LogP) is 1.35. The maximum Gasteiger partial charge on any atom is 0.343 e. The van der Waals surface area contributed by atoms with Crippen LogP contribution < -0.4 is 9.46 Å². The van der Waals surface area contributed by atoms with Gasteiger partial charge in [0.25, 0.3) is 0 Å². The highest BCUT2D eigenvalue weighted by molar-refractivity contribution is 7.89. The minimum atomic E-state index is -3.68. The minimum Gasteiger partial charge on any atom is -0.480 e. The number of methoxy groups -OCH3 is 1. The molecule has 0 radical (unpaired) electrons. The quantitative estimate of drug-likeness (QED) is 0.735. The summed E-state index contributed by atoms with van der Waals surface area (Å²) in [4.78, 5) is 11.0. The number of hydrogen-bond donors (Lipinski definition) is 1. The van der Waals surface area contributed by atoms with Gasteiger partial charge in [-0.2, -0.15) is 0 Å². The number of carbonyl (C=O) groups excluding carboxylic acids is 1. The molecule has 1 fully saturated rings. The molecule has 1 N–H and O–H groups in total. The van der Waals surface area contributed by atoms with Crippen molar-refractivity contribution in [2.45, 2.75) is 23.8 Å². The Morgan fingerprint density at radius 2 is 2.26 bits per heavy atom. The van der Waals surface area contributed by atoms with Crippen molar-refractivity contribution in [1.82, 2.24) is 4.72 Å².